The Bertz CT molecular complexity index is 599. The van der Waals surface area contributed by atoms with E-state index in [4.69, 9.17) is 5.26 Å². The molecule has 0 radical (unpaired) electrons. The molecule has 92 valence electrons. The molecule has 1 heterocycles. The number of hydrogen-bond acceptors (Lipinski definition) is 4. The Labute approximate surface area is 110 Å². The van der Waals surface area contributed by atoms with Crippen molar-refractivity contribution < 1.29 is 5.11 Å². The summed E-state index contributed by atoms with van der Waals surface area (Å²) in [4.78, 5) is 1.87. The Hall–Kier alpha value is -1.77. The van der Waals surface area contributed by atoms with E-state index in [1.807, 2.05) is 13.2 Å². The number of nitriles is 1. The Morgan fingerprint density at radius 1 is 1.50 bits per heavy atom. The molecule has 2 aromatic rings. The van der Waals surface area contributed by atoms with Gasteiger partial charge in [0.15, 0.2) is 0 Å². The van der Waals surface area contributed by atoms with E-state index in [-0.39, 0.29) is 0 Å². The SMILES string of the molecule is C[C@H](O)c1ccc(C#N)cc1Sc1cnn(C)c1. The standard InChI is InChI=1S/C13H13N3OS/c1-9(17)12-4-3-10(6-14)5-13(12)18-11-7-15-16(2)8-11/h3-5,7-9,17H,1-2H3/t9-/m0/s1. The van der Waals surface area contributed by atoms with Crippen LogP contribution in [-0.4, -0.2) is 14.9 Å². The van der Waals surface area contributed by atoms with Crippen molar-refractivity contribution in [1.82, 2.24) is 9.78 Å². The van der Waals surface area contributed by atoms with Gasteiger partial charge >= 0.3 is 0 Å². The van der Waals surface area contributed by atoms with Crippen LogP contribution >= 0.6 is 11.8 Å². The van der Waals surface area contributed by atoms with Crippen molar-refractivity contribution in [1.29, 1.82) is 5.26 Å². The molecule has 0 fully saturated rings. The van der Waals surface area contributed by atoms with Crippen LogP contribution in [0.3, 0.4) is 0 Å². The quantitative estimate of drug-likeness (QED) is 0.920. The average Bonchev–Trinajstić information content (AvgIpc) is 2.74. The lowest BCUT2D eigenvalue weighted by Gasteiger charge is -2.10. The van der Waals surface area contributed by atoms with Gasteiger partial charge in [0.25, 0.3) is 0 Å². The molecule has 4 nitrogen and oxygen atoms in total. The second-order valence-corrected chi connectivity index (χ2v) is 5.11. The summed E-state index contributed by atoms with van der Waals surface area (Å²) in [5.41, 5.74) is 1.41. The van der Waals surface area contributed by atoms with E-state index in [1.165, 1.54) is 11.8 Å². The van der Waals surface area contributed by atoms with Crippen LogP contribution in [0.5, 0.6) is 0 Å². The van der Waals surface area contributed by atoms with Gasteiger partial charge in [-0.25, -0.2) is 0 Å². The number of hydrogen-bond donors (Lipinski definition) is 1. The van der Waals surface area contributed by atoms with Gasteiger partial charge in [0.1, 0.15) is 0 Å². The molecule has 1 aromatic heterocycles. The smallest absolute Gasteiger partial charge is 0.0992 e. The number of aliphatic hydroxyl groups excluding tert-OH is 1. The lowest BCUT2D eigenvalue weighted by molar-refractivity contribution is 0.196. The van der Waals surface area contributed by atoms with Crippen molar-refractivity contribution in [2.24, 2.45) is 7.05 Å². The summed E-state index contributed by atoms with van der Waals surface area (Å²) >= 11 is 1.50. The first-order valence-corrected chi connectivity index (χ1v) is 6.30. The summed E-state index contributed by atoms with van der Waals surface area (Å²) in [5, 5.41) is 22.8. The minimum Gasteiger partial charge on any atom is -0.389 e. The molecular formula is C13H13N3OS. The third-order valence-corrected chi connectivity index (χ3v) is 3.52. The highest BCUT2D eigenvalue weighted by molar-refractivity contribution is 7.99. The van der Waals surface area contributed by atoms with Crippen LogP contribution in [0.4, 0.5) is 0 Å². The fourth-order valence-electron chi connectivity index (χ4n) is 1.62. The maximum absolute atomic E-state index is 9.73. The summed E-state index contributed by atoms with van der Waals surface area (Å²) in [5.74, 6) is 0. The van der Waals surface area contributed by atoms with E-state index >= 15 is 0 Å². The Morgan fingerprint density at radius 3 is 2.83 bits per heavy atom. The largest absolute Gasteiger partial charge is 0.389 e. The predicted octanol–water partition coefficient (Wildman–Crippen LogP) is 2.50. The minimum atomic E-state index is -0.558. The van der Waals surface area contributed by atoms with Gasteiger partial charge in [-0.15, -0.1) is 0 Å². The number of aliphatic hydroxyl groups is 1. The predicted molar refractivity (Wildman–Crippen MR) is 69.1 cm³/mol. The van der Waals surface area contributed by atoms with Crippen molar-refractivity contribution >= 4 is 11.8 Å². The Morgan fingerprint density at radius 2 is 2.28 bits per heavy atom. The molecule has 0 saturated heterocycles. The van der Waals surface area contributed by atoms with Crippen LogP contribution in [0.15, 0.2) is 40.4 Å². The highest BCUT2D eigenvalue weighted by atomic mass is 32.2. The number of benzene rings is 1. The third kappa shape index (κ3) is 2.73. The Balaban J connectivity index is 2.38. The van der Waals surface area contributed by atoms with Crippen LogP contribution in [0.2, 0.25) is 0 Å². The lowest BCUT2D eigenvalue weighted by atomic mass is 10.1. The second kappa shape index (κ2) is 5.25. The molecule has 0 aliphatic rings. The van der Waals surface area contributed by atoms with Crippen LogP contribution in [0.1, 0.15) is 24.2 Å². The van der Waals surface area contributed by atoms with Gasteiger partial charge in [0.05, 0.1) is 28.8 Å². The molecule has 0 spiro atoms. The molecule has 5 heteroatoms. The summed E-state index contributed by atoms with van der Waals surface area (Å²) in [6, 6.07) is 7.41. The molecule has 0 bridgehead atoms. The van der Waals surface area contributed by atoms with E-state index in [9.17, 15) is 5.11 Å². The van der Waals surface area contributed by atoms with Crippen molar-refractivity contribution in [3.63, 3.8) is 0 Å². The molecule has 0 aliphatic carbocycles. The fourth-order valence-corrected chi connectivity index (χ4v) is 2.72. The van der Waals surface area contributed by atoms with E-state index < -0.39 is 6.10 Å². The zero-order chi connectivity index (χ0) is 13.1. The molecular weight excluding hydrogens is 246 g/mol. The van der Waals surface area contributed by atoms with Crippen molar-refractivity contribution in [2.45, 2.75) is 22.8 Å². The van der Waals surface area contributed by atoms with Gasteiger partial charge in [0, 0.05) is 18.1 Å². The maximum Gasteiger partial charge on any atom is 0.0992 e. The van der Waals surface area contributed by atoms with Crippen molar-refractivity contribution in [3.8, 4) is 6.07 Å². The normalized spacial score (nSPS) is 12.1. The first kappa shape index (κ1) is 12.7. The monoisotopic (exact) mass is 259 g/mol. The molecule has 0 unspecified atom stereocenters. The molecule has 1 aromatic carbocycles. The summed E-state index contributed by atoms with van der Waals surface area (Å²) < 4.78 is 1.72. The van der Waals surface area contributed by atoms with Gasteiger partial charge in [-0.05, 0) is 24.6 Å². The Kier molecular flexibility index (Phi) is 3.70. The zero-order valence-corrected chi connectivity index (χ0v) is 11.0. The average molecular weight is 259 g/mol. The fraction of sp³-hybridized carbons (Fsp3) is 0.231. The minimum absolute atomic E-state index is 0.558. The van der Waals surface area contributed by atoms with Gasteiger partial charge in [-0.1, -0.05) is 17.8 Å². The summed E-state index contributed by atoms with van der Waals surface area (Å²) in [6.07, 6.45) is 3.10. The van der Waals surface area contributed by atoms with Crippen LogP contribution < -0.4 is 0 Å². The molecule has 1 atom stereocenters. The third-order valence-electron chi connectivity index (χ3n) is 2.50. The lowest BCUT2D eigenvalue weighted by Crippen LogP contribution is -1.94. The second-order valence-electron chi connectivity index (χ2n) is 3.99. The van der Waals surface area contributed by atoms with E-state index in [0.29, 0.717) is 5.56 Å². The molecule has 18 heavy (non-hydrogen) atoms. The number of aromatic nitrogens is 2. The van der Waals surface area contributed by atoms with Gasteiger partial charge < -0.3 is 5.11 Å². The van der Waals surface area contributed by atoms with Gasteiger partial charge in [0.2, 0.25) is 0 Å². The summed E-state index contributed by atoms with van der Waals surface area (Å²) in [6.45, 7) is 1.72. The van der Waals surface area contributed by atoms with Gasteiger partial charge in [-0.2, -0.15) is 10.4 Å². The molecule has 0 aliphatic heterocycles. The maximum atomic E-state index is 9.73. The van der Waals surface area contributed by atoms with Crippen LogP contribution in [-0.2, 0) is 7.05 Å². The van der Waals surface area contributed by atoms with Crippen molar-refractivity contribution in [3.05, 3.63) is 41.7 Å². The van der Waals surface area contributed by atoms with Crippen LogP contribution in [0.25, 0.3) is 0 Å². The molecule has 1 N–H and O–H groups in total. The van der Waals surface area contributed by atoms with Crippen LogP contribution in [0, 0.1) is 11.3 Å². The topological polar surface area (TPSA) is 61.8 Å². The molecule has 0 amide bonds. The zero-order valence-electron chi connectivity index (χ0n) is 10.2. The van der Waals surface area contributed by atoms with Gasteiger partial charge in [-0.3, -0.25) is 4.68 Å². The van der Waals surface area contributed by atoms with E-state index in [0.717, 1.165) is 15.4 Å². The van der Waals surface area contributed by atoms with E-state index in [1.54, 1.807) is 36.0 Å². The highest BCUT2D eigenvalue weighted by Gasteiger charge is 2.11. The highest BCUT2D eigenvalue weighted by Crippen LogP contribution is 2.33. The molecule has 0 saturated carbocycles. The van der Waals surface area contributed by atoms with Crippen molar-refractivity contribution in [2.75, 3.05) is 0 Å². The van der Waals surface area contributed by atoms with E-state index in [2.05, 4.69) is 11.2 Å². The number of aryl methyl sites for hydroxylation is 1. The number of nitrogens with zero attached hydrogens (tertiary/aromatic N) is 3. The molecule has 2 rings (SSSR count). The first-order valence-electron chi connectivity index (χ1n) is 5.49. The first-order chi connectivity index (χ1) is 8.60. The number of rotatable bonds is 3. The summed E-state index contributed by atoms with van der Waals surface area (Å²) in [7, 11) is 1.85.